The average Bonchev–Trinajstić information content (AvgIpc) is 4.20. The second-order valence-corrected chi connectivity index (χ2v) is 19.9. The maximum Gasteiger partial charge on any atom is 0.418 e. The third-order valence-corrected chi connectivity index (χ3v) is 15.7. The van der Waals surface area contributed by atoms with Crippen LogP contribution in [0.4, 0.5) is 37.7 Å². The van der Waals surface area contributed by atoms with Gasteiger partial charge in [0.2, 0.25) is 0 Å². The monoisotopic (exact) mass is 976 g/mol. The van der Waals surface area contributed by atoms with Gasteiger partial charge < -0.3 is 28.7 Å². The first kappa shape index (κ1) is 47.9. The van der Waals surface area contributed by atoms with Crippen LogP contribution in [0.5, 0.6) is 0 Å². The molecule has 0 unspecified atom stereocenters. The number of thioether (sulfide) groups is 2. The highest BCUT2D eigenvalue weighted by atomic mass is 32.2. The fraction of sp³-hybridized carbons (Fsp3) is 0.458. The van der Waals surface area contributed by atoms with Crippen LogP contribution in [0.25, 0.3) is 22.8 Å². The van der Waals surface area contributed by atoms with Crippen molar-refractivity contribution in [2.75, 3.05) is 73.7 Å². The molecule has 20 heteroatoms. The molecule has 68 heavy (non-hydrogen) atoms. The van der Waals surface area contributed by atoms with Crippen LogP contribution in [0.3, 0.4) is 0 Å². The minimum absolute atomic E-state index is 0.150. The average molecular weight is 977 g/mol. The summed E-state index contributed by atoms with van der Waals surface area (Å²) >= 11 is 3.35. The molecule has 6 aromatic rings. The van der Waals surface area contributed by atoms with E-state index >= 15 is 0 Å². The molecule has 4 aliphatic heterocycles. The Bertz CT molecular complexity index is 2420. The summed E-state index contributed by atoms with van der Waals surface area (Å²) in [6.07, 6.45) is 2.21. The number of aromatic nitrogens is 8. The van der Waals surface area contributed by atoms with Crippen molar-refractivity contribution in [1.29, 1.82) is 0 Å². The van der Waals surface area contributed by atoms with E-state index in [0.717, 1.165) is 110 Å². The van der Waals surface area contributed by atoms with Gasteiger partial charge in [-0.25, -0.2) is 0 Å². The van der Waals surface area contributed by atoms with Crippen LogP contribution < -0.4 is 9.80 Å². The van der Waals surface area contributed by atoms with E-state index in [0.29, 0.717) is 36.3 Å². The van der Waals surface area contributed by atoms with Gasteiger partial charge in [-0.1, -0.05) is 47.8 Å². The van der Waals surface area contributed by atoms with E-state index in [1.807, 2.05) is 57.3 Å². The summed E-state index contributed by atoms with van der Waals surface area (Å²) in [6, 6.07) is 19.9. The molecule has 0 spiro atoms. The Kier molecular flexibility index (Phi) is 14.7. The van der Waals surface area contributed by atoms with Crippen molar-refractivity contribution in [3.05, 3.63) is 109 Å². The number of hydrogen-bond donors (Lipinski definition) is 0. The number of nitrogens with zero attached hydrogens (tertiary/aromatic N) is 12. The maximum absolute atomic E-state index is 13.5. The highest BCUT2D eigenvalue weighted by Crippen LogP contribution is 2.44. The van der Waals surface area contributed by atoms with E-state index in [4.69, 9.17) is 0 Å². The number of fused-ring (bicyclic) bond motifs is 2. The first-order valence-electron chi connectivity index (χ1n) is 23.0. The highest BCUT2D eigenvalue weighted by Gasteiger charge is 2.45. The smallest absolute Gasteiger partial charge is 0.366 e. The van der Waals surface area contributed by atoms with E-state index in [9.17, 15) is 26.3 Å². The van der Waals surface area contributed by atoms with Crippen LogP contribution >= 0.6 is 23.5 Å². The molecule has 0 radical (unpaired) electrons. The standard InChI is InChI=1S/2C24H27F3N6S/c2*1-31-22(17-6-4-10-28-14-17)29-30-23(31)34-13-5-11-32-15-18-9-12-33(21(18)16-32)20-8-3-2-7-19(20)24(25,26)27/h2*2-4,6-8,10,14,18,21H,5,9,11-13,15-16H2,1H3/t2*18-,21+/m10/s1. The maximum atomic E-state index is 13.5. The minimum Gasteiger partial charge on any atom is -0.366 e. The Balaban J connectivity index is 0.000000170. The Labute approximate surface area is 400 Å². The molecule has 2 aromatic carbocycles. The summed E-state index contributed by atoms with van der Waals surface area (Å²) in [5, 5.41) is 19.0. The van der Waals surface area contributed by atoms with Crippen LogP contribution in [0.1, 0.15) is 36.8 Å². The molecule has 0 saturated carbocycles. The number of alkyl halides is 6. The fourth-order valence-corrected chi connectivity index (χ4v) is 11.9. The molecule has 0 amide bonds. The quantitative estimate of drug-likeness (QED) is 0.0592. The van der Waals surface area contributed by atoms with Crippen LogP contribution in [-0.2, 0) is 26.4 Å². The van der Waals surface area contributed by atoms with E-state index in [1.165, 1.54) is 24.3 Å². The number of para-hydroxylation sites is 2. The predicted molar refractivity (Wildman–Crippen MR) is 253 cm³/mol. The van der Waals surface area contributed by atoms with Crippen LogP contribution in [0.15, 0.2) is 108 Å². The van der Waals surface area contributed by atoms with Crippen molar-refractivity contribution < 1.29 is 26.3 Å². The number of pyridine rings is 2. The summed E-state index contributed by atoms with van der Waals surface area (Å²) in [5.74, 6) is 4.26. The van der Waals surface area contributed by atoms with E-state index < -0.39 is 23.5 Å². The summed E-state index contributed by atoms with van der Waals surface area (Å²) in [4.78, 5) is 17.1. The van der Waals surface area contributed by atoms with Gasteiger partial charge in [0.15, 0.2) is 22.0 Å². The van der Waals surface area contributed by atoms with Crippen LogP contribution in [0, 0.1) is 11.8 Å². The largest absolute Gasteiger partial charge is 0.418 e. The molecule has 8 heterocycles. The Morgan fingerprint density at radius 1 is 0.544 bits per heavy atom. The van der Waals surface area contributed by atoms with Gasteiger partial charge in [0, 0.05) is 124 Å². The minimum atomic E-state index is -4.33. The normalized spacial score (nSPS) is 20.8. The molecular formula is C48H54F6N12S2. The SMILES string of the molecule is Cn1c(SCCCN2C[C@@H]3CCN(c4ccccc4C(F)(F)F)[C@@H]3C2)nnc1-c1cccnc1.Cn1c(SCCCN2C[C@H]3CCN(c4ccccc4C(F)(F)F)[C@H]3C2)nnc1-c1cccnc1. The van der Waals surface area contributed by atoms with Crippen LogP contribution in [-0.4, -0.2) is 125 Å². The lowest BCUT2D eigenvalue weighted by atomic mass is 10.0. The topological polar surface area (TPSA) is 100 Å². The number of hydrogen-bond acceptors (Lipinski definition) is 12. The molecule has 4 atom stereocenters. The van der Waals surface area contributed by atoms with Crippen LogP contribution in [0.2, 0.25) is 0 Å². The van der Waals surface area contributed by atoms with Crippen molar-refractivity contribution in [3.8, 4) is 22.8 Å². The van der Waals surface area contributed by atoms with E-state index in [-0.39, 0.29) is 12.1 Å². The second-order valence-electron chi connectivity index (χ2n) is 17.8. The molecule has 0 bridgehead atoms. The lowest BCUT2D eigenvalue weighted by molar-refractivity contribution is -0.138. The number of anilines is 2. The summed E-state index contributed by atoms with van der Waals surface area (Å²) in [5.41, 5.74) is 1.46. The van der Waals surface area contributed by atoms with Crippen molar-refractivity contribution in [2.24, 2.45) is 25.9 Å². The molecule has 4 aromatic heterocycles. The second kappa shape index (κ2) is 20.8. The van der Waals surface area contributed by atoms with Gasteiger partial charge in [0.25, 0.3) is 0 Å². The molecule has 0 N–H and O–H groups in total. The molecule has 4 saturated heterocycles. The predicted octanol–water partition coefficient (Wildman–Crippen LogP) is 9.18. The zero-order valence-electron chi connectivity index (χ0n) is 37.9. The van der Waals surface area contributed by atoms with Gasteiger partial charge in [0.1, 0.15) is 0 Å². The molecule has 4 aliphatic rings. The fourth-order valence-electron chi connectivity index (χ4n) is 10.3. The lowest BCUT2D eigenvalue weighted by Gasteiger charge is -2.29. The molecule has 0 aliphatic carbocycles. The van der Waals surface area contributed by atoms with Crippen molar-refractivity contribution in [2.45, 2.75) is 60.4 Å². The zero-order valence-corrected chi connectivity index (χ0v) is 39.5. The van der Waals surface area contributed by atoms with Gasteiger partial charge in [-0.3, -0.25) is 9.97 Å². The summed E-state index contributed by atoms with van der Waals surface area (Å²) in [7, 11) is 3.92. The Hall–Kier alpha value is -5.18. The van der Waals surface area contributed by atoms with Gasteiger partial charge in [-0.15, -0.1) is 20.4 Å². The van der Waals surface area contributed by atoms with Gasteiger partial charge in [-0.05, 0) is 99.1 Å². The summed E-state index contributed by atoms with van der Waals surface area (Å²) in [6.45, 7) is 6.79. The van der Waals surface area contributed by atoms with Gasteiger partial charge >= 0.3 is 12.4 Å². The Morgan fingerprint density at radius 2 is 0.971 bits per heavy atom. The van der Waals surface area contributed by atoms with E-state index in [1.54, 1.807) is 72.6 Å². The van der Waals surface area contributed by atoms with Crippen molar-refractivity contribution in [1.82, 2.24) is 49.3 Å². The molecule has 10 rings (SSSR count). The first-order chi connectivity index (χ1) is 32.8. The third-order valence-electron chi connectivity index (χ3n) is 13.5. The van der Waals surface area contributed by atoms with Crippen molar-refractivity contribution >= 4 is 34.9 Å². The number of rotatable bonds is 14. The molecular weight excluding hydrogens is 923 g/mol. The molecule has 360 valence electrons. The number of likely N-dealkylation sites (tertiary alicyclic amines) is 2. The third kappa shape index (κ3) is 10.7. The number of halogens is 6. The lowest BCUT2D eigenvalue weighted by Crippen LogP contribution is -2.36. The Morgan fingerprint density at radius 3 is 1.37 bits per heavy atom. The van der Waals surface area contributed by atoms with Crippen molar-refractivity contribution in [3.63, 3.8) is 0 Å². The number of benzene rings is 2. The first-order valence-corrected chi connectivity index (χ1v) is 25.0. The molecule has 4 fully saturated rings. The zero-order chi connectivity index (χ0) is 47.4. The van der Waals surface area contributed by atoms with Gasteiger partial charge in [0.05, 0.1) is 11.1 Å². The highest BCUT2D eigenvalue weighted by molar-refractivity contribution is 7.99. The van der Waals surface area contributed by atoms with E-state index in [2.05, 4.69) is 40.2 Å². The van der Waals surface area contributed by atoms with Gasteiger partial charge in [-0.2, -0.15) is 26.3 Å². The molecule has 12 nitrogen and oxygen atoms in total. The summed E-state index contributed by atoms with van der Waals surface area (Å²) < 4.78 is 85.2.